The Kier molecular flexibility index (Phi) is 4.27. The Morgan fingerprint density at radius 2 is 2.06 bits per heavy atom. The van der Waals surface area contributed by atoms with Crippen LogP contribution in [-0.4, -0.2) is 0 Å². The van der Waals surface area contributed by atoms with Crippen molar-refractivity contribution in [2.45, 2.75) is 27.0 Å². The Hall–Kier alpha value is -1.03. The third kappa shape index (κ3) is 3.05. The minimum atomic E-state index is 0.573. The van der Waals surface area contributed by atoms with Crippen LogP contribution in [-0.2, 0) is 13.2 Å². The molecule has 1 aromatic heterocycles. The topological polar surface area (TPSA) is 35.2 Å². The molecule has 96 valence electrons. The van der Waals surface area contributed by atoms with Crippen LogP contribution in [0.2, 0.25) is 5.02 Å². The fourth-order valence-electron chi connectivity index (χ4n) is 1.70. The van der Waals surface area contributed by atoms with Crippen molar-refractivity contribution in [1.82, 2.24) is 0 Å². The van der Waals surface area contributed by atoms with Gasteiger partial charge in [-0.05, 0) is 43.7 Å². The number of hydrogen-bond acceptors (Lipinski definition) is 3. The van der Waals surface area contributed by atoms with Crippen molar-refractivity contribution in [1.29, 1.82) is 0 Å². The molecule has 1 heterocycles. The van der Waals surface area contributed by atoms with Gasteiger partial charge in [0.1, 0.15) is 12.4 Å². The van der Waals surface area contributed by atoms with E-state index in [0.29, 0.717) is 13.2 Å². The Labute approximate surface area is 116 Å². The molecule has 0 atom stereocenters. The number of rotatable bonds is 4. The average molecular weight is 282 g/mol. The van der Waals surface area contributed by atoms with E-state index < -0.39 is 0 Å². The lowest BCUT2D eigenvalue weighted by Crippen LogP contribution is -1.96. The number of halogens is 1. The molecule has 0 fully saturated rings. The van der Waals surface area contributed by atoms with Gasteiger partial charge in [0.25, 0.3) is 0 Å². The van der Waals surface area contributed by atoms with Crippen molar-refractivity contribution in [2.75, 3.05) is 0 Å². The van der Waals surface area contributed by atoms with E-state index in [0.717, 1.165) is 16.3 Å². The van der Waals surface area contributed by atoms with Crippen molar-refractivity contribution in [3.05, 3.63) is 50.2 Å². The molecule has 2 nitrogen and oxygen atoms in total. The van der Waals surface area contributed by atoms with Crippen LogP contribution < -0.4 is 10.5 Å². The molecule has 0 aliphatic heterocycles. The quantitative estimate of drug-likeness (QED) is 0.917. The van der Waals surface area contributed by atoms with Gasteiger partial charge in [-0.25, -0.2) is 0 Å². The molecule has 0 aliphatic rings. The van der Waals surface area contributed by atoms with Gasteiger partial charge < -0.3 is 10.5 Å². The summed E-state index contributed by atoms with van der Waals surface area (Å²) < 4.78 is 5.77. The summed E-state index contributed by atoms with van der Waals surface area (Å²) in [5.74, 6) is 0.844. The van der Waals surface area contributed by atoms with Gasteiger partial charge in [-0.1, -0.05) is 11.6 Å². The molecular weight excluding hydrogens is 266 g/mol. The highest BCUT2D eigenvalue weighted by Crippen LogP contribution is 2.25. The summed E-state index contributed by atoms with van der Waals surface area (Å²) in [4.78, 5) is 2.46. The maximum absolute atomic E-state index is 5.98. The second-order valence-corrected chi connectivity index (χ2v) is 5.95. The van der Waals surface area contributed by atoms with Crippen molar-refractivity contribution in [3.8, 4) is 5.75 Å². The molecule has 2 N–H and O–H groups in total. The highest BCUT2D eigenvalue weighted by atomic mass is 35.5. The highest BCUT2D eigenvalue weighted by molar-refractivity contribution is 7.12. The van der Waals surface area contributed by atoms with E-state index in [-0.39, 0.29) is 0 Å². The summed E-state index contributed by atoms with van der Waals surface area (Å²) in [6.45, 7) is 5.22. The zero-order valence-electron chi connectivity index (χ0n) is 10.5. The van der Waals surface area contributed by atoms with Gasteiger partial charge in [0.05, 0.1) is 0 Å². The van der Waals surface area contributed by atoms with Gasteiger partial charge >= 0.3 is 0 Å². The molecule has 18 heavy (non-hydrogen) atoms. The lowest BCUT2D eigenvalue weighted by atomic mass is 10.2. The second-order valence-electron chi connectivity index (χ2n) is 4.20. The lowest BCUT2D eigenvalue weighted by molar-refractivity contribution is 0.306. The number of thiophene rings is 1. The molecule has 0 unspecified atom stereocenters. The molecule has 2 rings (SSSR count). The van der Waals surface area contributed by atoms with E-state index in [1.165, 1.54) is 15.3 Å². The monoisotopic (exact) mass is 281 g/mol. The number of benzene rings is 1. The first-order valence-electron chi connectivity index (χ1n) is 5.77. The third-order valence-electron chi connectivity index (χ3n) is 2.80. The summed E-state index contributed by atoms with van der Waals surface area (Å²) in [5, 5.41) is 0.763. The molecule has 0 spiro atoms. The van der Waals surface area contributed by atoms with E-state index in [1.54, 1.807) is 11.3 Å². The van der Waals surface area contributed by atoms with Crippen molar-refractivity contribution in [3.63, 3.8) is 0 Å². The summed E-state index contributed by atoms with van der Waals surface area (Å²) in [6, 6.07) is 7.82. The molecule has 0 aliphatic carbocycles. The van der Waals surface area contributed by atoms with Crippen molar-refractivity contribution in [2.24, 2.45) is 5.73 Å². The van der Waals surface area contributed by atoms with Crippen LogP contribution in [0.3, 0.4) is 0 Å². The highest BCUT2D eigenvalue weighted by Gasteiger charge is 2.06. The molecule has 0 saturated heterocycles. The van der Waals surface area contributed by atoms with Gasteiger partial charge in [-0.2, -0.15) is 0 Å². The standard InChI is InChI=1S/C14H16ClNOS/c1-9-5-12(3-4-14(9)15)17-8-11-6-13(7-16)18-10(11)2/h3-6H,7-8,16H2,1-2H3. The zero-order valence-corrected chi connectivity index (χ0v) is 12.1. The minimum absolute atomic E-state index is 0.573. The van der Waals surface area contributed by atoms with Gasteiger partial charge in [0, 0.05) is 26.9 Å². The summed E-state index contributed by atoms with van der Waals surface area (Å²) in [5.41, 5.74) is 7.86. The van der Waals surface area contributed by atoms with E-state index >= 15 is 0 Å². The van der Waals surface area contributed by atoms with E-state index in [9.17, 15) is 0 Å². The zero-order chi connectivity index (χ0) is 13.1. The Morgan fingerprint density at radius 3 is 2.67 bits per heavy atom. The van der Waals surface area contributed by atoms with Gasteiger partial charge in [-0.3, -0.25) is 0 Å². The van der Waals surface area contributed by atoms with Crippen LogP contribution in [0.15, 0.2) is 24.3 Å². The number of nitrogens with two attached hydrogens (primary N) is 1. The number of ether oxygens (including phenoxy) is 1. The smallest absolute Gasteiger partial charge is 0.120 e. The van der Waals surface area contributed by atoms with Crippen molar-refractivity contribution >= 4 is 22.9 Å². The maximum Gasteiger partial charge on any atom is 0.120 e. The van der Waals surface area contributed by atoms with E-state index in [1.807, 2.05) is 25.1 Å². The predicted molar refractivity (Wildman–Crippen MR) is 77.5 cm³/mol. The second kappa shape index (κ2) is 5.74. The largest absolute Gasteiger partial charge is 0.489 e. The minimum Gasteiger partial charge on any atom is -0.489 e. The van der Waals surface area contributed by atoms with Crippen LogP contribution in [0.5, 0.6) is 5.75 Å². The summed E-state index contributed by atoms with van der Waals surface area (Å²) >= 11 is 7.71. The average Bonchev–Trinajstić information content (AvgIpc) is 2.72. The SMILES string of the molecule is Cc1cc(OCc2cc(CN)sc2C)ccc1Cl. The molecule has 0 saturated carbocycles. The van der Waals surface area contributed by atoms with E-state index in [2.05, 4.69) is 13.0 Å². The summed E-state index contributed by atoms with van der Waals surface area (Å²) in [7, 11) is 0. The van der Waals surface area contributed by atoms with Gasteiger partial charge in [0.2, 0.25) is 0 Å². The Balaban J connectivity index is 2.06. The fraction of sp³-hybridized carbons (Fsp3) is 0.286. The normalized spacial score (nSPS) is 10.7. The number of aryl methyl sites for hydroxylation is 2. The molecule has 1 aromatic carbocycles. The molecule has 2 aromatic rings. The molecule has 4 heteroatoms. The molecule has 0 amide bonds. The van der Waals surface area contributed by atoms with Crippen LogP contribution in [0.25, 0.3) is 0 Å². The van der Waals surface area contributed by atoms with Crippen molar-refractivity contribution < 1.29 is 4.74 Å². The maximum atomic E-state index is 5.98. The molecule has 0 radical (unpaired) electrons. The summed E-state index contributed by atoms with van der Waals surface area (Å²) in [6.07, 6.45) is 0. The Morgan fingerprint density at radius 1 is 1.28 bits per heavy atom. The first kappa shape index (κ1) is 13.4. The van der Waals surface area contributed by atoms with Gasteiger partial charge in [0.15, 0.2) is 0 Å². The first-order chi connectivity index (χ1) is 8.60. The van der Waals surface area contributed by atoms with E-state index in [4.69, 9.17) is 22.1 Å². The van der Waals surface area contributed by atoms with Crippen LogP contribution >= 0.6 is 22.9 Å². The third-order valence-corrected chi connectivity index (χ3v) is 4.34. The Bertz CT molecular complexity index is 551. The van der Waals surface area contributed by atoms with Crippen LogP contribution in [0.1, 0.15) is 20.9 Å². The van der Waals surface area contributed by atoms with Crippen LogP contribution in [0, 0.1) is 13.8 Å². The lowest BCUT2D eigenvalue weighted by Gasteiger charge is -2.07. The molecule has 0 bridgehead atoms. The van der Waals surface area contributed by atoms with Crippen LogP contribution in [0.4, 0.5) is 0 Å². The fourth-order valence-corrected chi connectivity index (χ4v) is 2.74. The predicted octanol–water partition coefficient (Wildman–Crippen LogP) is 4.06. The number of hydrogen-bond donors (Lipinski definition) is 1. The molecular formula is C14H16ClNOS. The van der Waals surface area contributed by atoms with Gasteiger partial charge in [-0.15, -0.1) is 11.3 Å². The first-order valence-corrected chi connectivity index (χ1v) is 6.97.